The second kappa shape index (κ2) is 21.2. The zero-order chi connectivity index (χ0) is 82.3. The Hall–Kier alpha value is -13.2. The van der Waals surface area contributed by atoms with Crippen LogP contribution in [-0.2, 0) is 5.41 Å². The second-order valence-corrected chi connectivity index (χ2v) is 28.1. The summed E-state index contributed by atoms with van der Waals surface area (Å²) in [6.45, 7) is 3.79. The molecule has 8 heterocycles. The van der Waals surface area contributed by atoms with E-state index in [0.29, 0.717) is 101 Å². The fraction of sp³-hybridized carbons (Fsp3) is 0.0426. The average Bonchev–Trinajstić information content (AvgIpc) is 0.731. The van der Waals surface area contributed by atoms with Gasteiger partial charge < -0.3 is 38.4 Å². The van der Waals surface area contributed by atoms with Crippen LogP contribution in [0, 0.1) is 0 Å². The van der Waals surface area contributed by atoms with E-state index in [2.05, 4.69) is 74.2 Å². The minimum Gasteiger partial charge on any atom is -0.458 e. The molecule has 0 saturated carbocycles. The second-order valence-electron chi connectivity index (χ2n) is 28.1. The summed E-state index contributed by atoms with van der Waals surface area (Å²) in [5.41, 5.74) is 11.4. The lowest BCUT2D eigenvalue weighted by molar-refractivity contribution is 0.462. The van der Waals surface area contributed by atoms with Gasteiger partial charge in [-0.05, 0) is 146 Å². The number of anilines is 12. The zero-order valence-corrected chi connectivity index (χ0v) is 55.9. The van der Waals surface area contributed by atoms with E-state index in [1.54, 1.807) is 12.1 Å². The van der Waals surface area contributed by atoms with Crippen LogP contribution >= 0.6 is 0 Å². The van der Waals surface area contributed by atoms with E-state index in [4.69, 9.17) is 14.2 Å². The van der Waals surface area contributed by atoms with Gasteiger partial charge in [-0.15, -0.1) is 0 Å². The van der Waals surface area contributed by atoms with Crippen LogP contribution in [0.15, 0.2) is 315 Å². The Morgan fingerprint density at radius 3 is 1.22 bits per heavy atom. The van der Waals surface area contributed by atoms with E-state index in [0.717, 1.165) is 38.9 Å². The summed E-state index contributed by atoms with van der Waals surface area (Å²) in [7, 11) is 0. The van der Waals surface area contributed by atoms with Crippen molar-refractivity contribution in [1.82, 2.24) is 4.57 Å². The highest BCUT2D eigenvalue weighted by atomic mass is 16.5. The Labute approximate surface area is 625 Å². The van der Waals surface area contributed by atoms with E-state index < -0.39 is 91.0 Å². The topological polar surface area (TPSA) is 45.6 Å². The van der Waals surface area contributed by atoms with Crippen molar-refractivity contribution in [2.24, 2.45) is 0 Å². The van der Waals surface area contributed by atoms with Crippen molar-refractivity contribution in [2.75, 3.05) is 19.6 Å². The van der Waals surface area contributed by atoms with Gasteiger partial charge in [-0.2, -0.15) is 0 Å². The van der Waals surface area contributed by atoms with Crippen molar-refractivity contribution in [2.45, 2.75) is 26.2 Å². The molecule has 16 aromatic rings. The molecule has 0 radical (unpaired) electrons. The van der Waals surface area contributed by atoms with Crippen molar-refractivity contribution in [3.8, 4) is 84.7 Å². The number of aromatic nitrogens is 1. The Bertz CT molecular complexity index is 7230. The molecule has 0 N–H and O–H groups in total. The summed E-state index contributed by atoms with van der Waals surface area (Å²) in [5.74, 6) is 0.460. The van der Waals surface area contributed by atoms with Gasteiger partial charge in [-0.3, -0.25) is 0 Å². The molecule has 0 atom stereocenters. The van der Waals surface area contributed by atoms with Gasteiger partial charge in [0, 0.05) is 83.8 Å². The average molecular weight is 1350 g/mol. The monoisotopic (exact) mass is 1350 g/mol. The van der Waals surface area contributed by atoms with Gasteiger partial charge in [0.05, 0.1) is 67.1 Å². The van der Waals surface area contributed by atoms with Crippen LogP contribution in [0.1, 0.15) is 48.3 Å². The first-order valence-electron chi connectivity index (χ1n) is 42.8. The number of fused-ring (bicyclic) bond motifs is 14. The fourth-order valence-corrected chi connectivity index (χ4v) is 17.3. The number of para-hydroxylation sites is 8. The Balaban J connectivity index is 0.998. The number of hydrogen-bond acceptors (Lipinski definition) is 7. The minimum absolute atomic E-state index is 0.00983. The van der Waals surface area contributed by atoms with Crippen molar-refractivity contribution in [3.63, 3.8) is 0 Å². The highest BCUT2D eigenvalue weighted by molar-refractivity contribution is 7.05. The molecule has 8 nitrogen and oxygen atoms in total. The predicted molar refractivity (Wildman–Crippen MR) is 429 cm³/mol. The number of benzene rings is 15. The largest absolute Gasteiger partial charge is 0.458 e. The van der Waals surface area contributed by atoms with Crippen LogP contribution in [0.25, 0.3) is 72.0 Å². The lowest BCUT2D eigenvalue weighted by Crippen LogP contribution is -2.68. The maximum atomic E-state index is 12.4. The molecule has 7 aliphatic heterocycles. The minimum atomic E-state index is -1.41. The van der Waals surface area contributed by atoms with Gasteiger partial charge in [0.2, 0.25) is 0 Å². The third-order valence-corrected chi connectivity index (χ3v) is 21.6. The Kier molecular flexibility index (Phi) is 9.00. The highest BCUT2D eigenvalue weighted by Crippen LogP contribution is 2.62. The van der Waals surface area contributed by atoms with Crippen molar-refractivity contribution < 1.29 is 36.1 Å². The molecule has 0 unspecified atom stereocenters. The quantitative estimate of drug-likeness (QED) is 0.147. The Morgan fingerprint density at radius 1 is 0.308 bits per heavy atom. The maximum absolute atomic E-state index is 12.4. The lowest BCUT2D eigenvalue weighted by atomic mass is 9.28. The molecule has 0 amide bonds. The fourth-order valence-electron chi connectivity index (χ4n) is 17.3. The van der Waals surface area contributed by atoms with E-state index in [-0.39, 0.29) is 97.6 Å². The van der Waals surface area contributed by atoms with Crippen molar-refractivity contribution in [1.29, 1.82) is 0 Å². The predicted octanol–water partition coefficient (Wildman–Crippen LogP) is 21.2. The maximum Gasteiger partial charge on any atom is 0.262 e. The lowest BCUT2D eigenvalue weighted by Gasteiger charge is -2.52. The first-order valence-corrected chi connectivity index (χ1v) is 34.8. The SMILES string of the molecule is [2H]c1c([2H])c2c3c4c1Oc1c([2H])c([2H])c5c6c1B4c1c(c([2H])c4c(c1N6c1ccccc1O5)B1c5c(cc(C(C)(C)C)cc5N4c4c(-c5ccccc5)cccc4-c4ccccc4)N(c4c(-c5ccccc5)cccc4-c4ccccc4)c4c([2H])c(-n5c6c([2H])c([2H])c([2H])c([2H])c6c6c([2H])c([2H])c([2H])c([2H])c65)c([2H])c([2H])c41)N3c1ccccc1O2. The third kappa shape index (κ3) is 7.83. The molecule has 0 aliphatic carbocycles. The zero-order valence-electron chi connectivity index (χ0n) is 71.9. The molecule has 15 aromatic carbocycles. The van der Waals surface area contributed by atoms with Crippen LogP contribution < -0.4 is 66.6 Å². The number of hydrogen-bond donors (Lipinski definition) is 0. The van der Waals surface area contributed by atoms with E-state index in [1.807, 2.05) is 172 Å². The van der Waals surface area contributed by atoms with Gasteiger partial charge in [-0.1, -0.05) is 245 Å². The molecular weight excluding hydrogens is 1270 g/mol. The molecule has 7 aliphatic rings. The number of ether oxygens (including phenoxy) is 3. The van der Waals surface area contributed by atoms with Crippen LogP contribution in [0.3, 0.4) is 0 Å². The molecule has 0 saturated heterocycles. The van der Waals surface area contributed by atoms with E-state index in [1.165, 1.54) is 4.57 Å². The highest BCUT2D eigenvalue weighted by Gasteiger charge is 2.57. The van der Waals surface area contributed by atoms with Gasteiger partial charge in [-0.25, -0.2) is 0 Å². The molecule has 0 fully saturated rings. The summed E-state index contributed by atoms with van der Waals surface area (Å²) in [6.07, 6.45) is 0. The van der Waals surface area contributed by atoms with Crippen LogP contribution in [0.5, 0.6) is 34.5 Å². The normalized spacial score (nSPS) is 16.0. The summed E-state index contributed by atoms with van der Waals surface area (Å²) in [4.78, 5) is 8.19. The summed E-state index contributed by atoms with van der Waals surface area (Å²) in [6, 6.07) is 62.3. The van der Waals surface area contributed by atoms with Crippen molar-refractivity contribution in [3.05, 3.63) is 321 Å². The number of nitrogens with zero attached hydrogens (tertiary/aromatic N) is 5. The molecular formula is C94H61B2N5O3. The molecule has 486 valence electrons. The van der Waals surface area contributed by atoms with Gasteiger partial charge in [0.25, 0.3) is 13.4 Å². The first kappa shape index (κ1) is 44.2. The van der Waals surface area contributed by atoms with E-state index >= 15 is 0 Å². The van der Waals surface area contributed by atoms with Gasteiger partial charge in [0.15, 0.2) is 23.0 Å². The van der Waals surface area contributed by atoms with Crippen LogP contribution in [0.4, 0.5) is 68.2 Å². The molecule has 0 bridgehead atoms. The summed E-state index contributed by atoms with van der Waals surface area (Å²) in [5, 5.41) is -0.586. The first-order chi connectivity index (χ1) is 58.0. The third-order valence-electron chi connectivity index (χ3n) is 21.6. The standard InChI is InChI=1S/C94H61B2N5O3/c1-94(2,3)60-52-74-84-75(53-60)100(90-64(58-30-12-6-13-31-58)38-25-39-65(90)59-32-14-7-15-33-59)76-55-77-86-93(101-72-43-21-23-45-79(72)103-83-51-49-81-88(92(83)101)96(86)87-80(104-81)48-50-82-91(87)98(77)71-42-20-22-44-78(71)102-82)85(76)95(84)68-47-46-61(97-69-40-18-16-34-66(69)67-35-17-19-41-70(67)97)54-73(68)99(74)89-62(56-26-8-4-9-27-56)36-24-37-63(89)57-28-10-5-11-29-57/h4-55H,1-3H3/i16D,17D,18D,19D,34D,35D,40D,41D,46D,47D,48D,49D,50D,51D,54D,55D. The number of rotatable bonds is 7. The molecule has 23 rings (SSSR count). The molecule has 104 heavy (non-hydrogen) atoms. The molecule has 10 heteroatoms. The Morgan fingerprint density at radius 2 is 0.721 bits per heavy atom. The van der Waals surface area contributed by atoms with Gasteiger partial charge >= 0.3 is 0 Å². The summed E-state index contributed by atoms with van der Waals surface area (Å²) >= 11 is 0. The molecule has 1 aromatic heterocycles. The molecule has 0 spiro atoms. The summed E-state index contributed by atoms with van der Waals surface area (Å²) < 4.78 is 187. The van der Waals surface area contributed by atoms with Crippen LogP contribution in [0.2, 0.25) is 0 Å². The van der Waals surface area contributed by atoms with Crippen molar-refractivity contribution >= 4 is 136 Å². The smallest absolute Gasteiger partial charge is 0.262 e. The van der Waals surface area contributed by atoms with E-state index in [9.17, 15) is 21.9 Å². The van der Waals surface area contributed by atoms with Gasteiger partial charge in [0.1, 0.15) is 11.5 Å². The van der Waals surface area contributed by atoms with Crippen LogP contribution in [-0.4, -0.2) is 18.0 Å².